The monoisotopic (exact) mass is 502 g/mol. The van der Waals surface area contributed by atoms with Gasteiger partial charge in [-0.2, -0.15) is 10.1 Å². The van der Waals surface area contributed by atoms with Crippen LogP contribution in [0.15, 0.2) is 45.9 Å². The molecular formula is C22H29Cl3N4O3. The number of cyclic esters (lactones) is 1. The second-order valence-electron chi connectivity index (χ2n) is 7.83. The Hall–Kier alpha value is -1.77. The third kappa shape index (κ3) is 7.12. The molecule has 2 aromatic rings. The Morgan fingerprint density at radius 2 is 1.81 bits per heavy atom. The lowest BCUT2D eigenvalue weighted by Gasteiger charge is -2.32. The Kier molecular flexibility index (Phi) is 10.3. The molecule has 4 rings (SSSR count). The van der Waals surface area contributed by atoms with Gasteiger partial charge in [-0.3, -0.25) is 0 Å². The van der Waals surface area contributed by atoms with Gasteiger partial charge in [-0.25, -0.2) is 4.79 Å². The molecule has 10 heteroatoms. The Morgan fingerprint density at radius 3 is 2.53 bits per heavy atom. The lowest BCUT2D eigenvalue weighted by molar-refractivity contribution is 0.119. The zero-order chi connectivity index (χ0) is 20.9. The van der Waals surface area contributed by atoms with Gasteiger partial charge in [0.2, 0.25) is 0 Å². The second kappa shape index (κ2) is 12.5. The van der Waals surface area contributed by atoms with E-state index in [9.17, 15) is 4.79 Å². The molecule has 2 aliphatic heterocycles. The van der Waals surface area contributed by atoms with Gasteiger partial charge in [0.25, 0.3) is 0 Å². The molecule has 3 heterocycles. The molecular weight excluding hydrogens is 475 g/mol. The Morgan fingerprint density at radius 1 is 1.09 bits per heavy atom. The van der Waals surface area contributed by atoms with Crippen LogP contribution in [0, 0.1) is 0 Å². The van der Waals surface area contributed by atoms with Gasteiger partial charge in [0.15, 0.2) is 0 Å². The average Bonchev–Trinajstić information content (AvgIpc) is 3.35. The highest BCUT2D eigenvalue weighted by Crippen LogP contribution is 2.23. The van der Waals surface area contributed by atoms with Gasteiger partial charge in [0.05, 0.1) is 12.8 Å². The van der Waals surface area contributed by atoms with Crippen molar-refractivity contribution >= 4 is 48.7 Å². The maximum atomic E-state index is 12.1. The van der Waals surface area contributed by atoms with Gasteiger partial charge < -0.3 is 19.0 Å². The number of hydrogen-bond acceptors (Lipinski definition) is 6. The van der Waals surface area contributed by atoms with E-state index in [1.165, 1.54) is 5.01 Å². The first-order chi connectivity index (χ1) is 14.6. The van der Waals surface area contributed by atoms with E-state index in [0.717, 1.165) is 56.9 Å². The maximum absolute atomic E-state index is 12.1. The van der Waals surface area contributed by atoms with Gasteiger partial charge in [-0.1, -0.05) is 11.6 Å². The Bertz CT molecular complexity index is 883. The smallest absolute Gasteiger partial charge is 0.430 e. The summed E-state index contributed by atoms with van der Waals surface area (Å²) in [6.45, 7) is 5.98. The SMILES string of the molecule is CN1CCN(CCCC2CN(N=Cc3ccc(-c4ccc(Cl)cc4)o3)C(=O)O2)CC1.Cl.Cl. The maximum Gasteiger partial charge on any atom is 0.430 e. The number of hydrazone groups is 1. The van der Waals surface area contributed by atoms with Crippen molar-refractivity contribution in [3.8, 4) is 11.3 Å². The molecule has 1 unspecified atom stereocenters. The zero-order valence-corrected chi connectivity index (χ0v) is 20.4. The molecule has 2 fully saturated rings. The van der Waals surface area contributed by atoms with Crippen molar-refractivity contribution in [2.45, 2.75) is 18.9 Å². The minimum Gasteiger partial charge on any atom is -0.455 e. The molecule has 2 saturated heterocycles. The minimum absolute atomic E-state index is 0. The molecule has 2 aliphatic rings. The Labute approximate surface area is 206 Å². The van der Waals surface area contributed by atoms with Crippen LogP contribution in [-0.2, 0) is 4.74 Å². The number of likely N-dealkylation sites (N-methyl/N-ethyl adjacent to an activating group) is 1. The van der Waals surface area contributed by atoms with E-state index < -0.39 is 6.09 Å². The number of rotatable bonds is 7. The van der Waals surface area contributed by atoms with Crippen molar-refractivity contribution in [3.63, 3.8) is 0 Å². The first-order valence-corrected chi connectivity index (χ1v) is 10.7. The fourth-order valence-corrected chi connectivity index (χ4v) is 3.81. The number of carbonyl (C=O) groups is 1. The number of carbonyl (C=O) groups excluding carboxylic acids is 1. The molecule has 32 heavy (non-hydrogen) atoms. The van der Waals surface area contributed by atoms with E-state index in [4.69, 9.17) is 20.8 Å². The van der Waals surface area contributed by atoms with Crippen molar-refractivity contribution in [1.82, 2.24) is 14.8 Å². The second-order valence-corrected chi connectivity index (χ2v) is 8.26. The molecule has 0 radical (unpaired) electrons. The van der Waals surface area contributed by atoms with Crippen LogP contribution in [0.1, 0.15) is 18.6 Å². The molecule has 0 saturated carbocycles. The lowest BCUT2D eigenvalue weighted by Crippen LogP contribution is -2.44. The summed E-state index contributed by atoms with van der Waals surface area (Å²) in [6.07, 6.45) is 2.91. The predicted octanol–water partition coefficient (Wildman–Crippen LogP) is 4.63. The van der Waals surface area contributed by atoms with Crippen molar-refractivity contribution < 1.29 is 13.9 Å². The van der Waals surface area contributed by atoms with Crippen LogP contribution < -0.4 is 0 Å². The van der Waals surface area contributed by atoms with Gasteiger partial charge in [0, 0.05) is 36.8 Å². The summed E-state index contributed by atoms with van der Waals surface area (Å²) >= 11 is 5.92. The van der Waals surface area contributed by atoms with E-state index >= 15 is 0 Å². The van der Waals surface area contributed by atoms with E-state index in [2.05, 4.69) is 21.9 Å². The topological polar surface area (TPSA) is 61.5 Å². The van der Waals surface area contributed by atoms with Crippen molar-refractivity contribution in [3.05, 3.63) is 47.2 Å². The summed E-state index contributed by atoms with van der Waals surface area (Å²) in [5, 5.41) is 6.30. The molecule has 1 atom stereocenters. The number of halogens is 3. The quantitative estimate of drug-likeness (QED) is 0.516. The molecule has 1 aromatic heterocycles. The molecule has 176 valence electrons. The average molecular weight is 504 g/mol. The first kappa shape index (κ1) is 26.5. The van der Waals surface area contributed by atoms with Crippen LogP contribution in [0.25, 0.3) is 11.3 Å². The molecule has 0 spiro atoms. The predicted molar refractivity (Wildman–Crippen MR) is 131 cm³/mol. The number of piperazine rings is 1. The molecule has 1 aromatic carbocycles. The van der Waals surface area contributed by atoms with Gasteiger partial charge in [0.1, 0.15) is 17.6 Å². The summed E-state index contributed by atoms with van der Waals surface area (Å²) in [5.74, 6) is 1.30. The van der Waals surface area contributed by atoms with Gasteiger partial charge in [-0.15, -0.1) is 24.8 Å². The molecule has 7 nitrogen and oxygen atoms in total. The molecule has 1 amide bonds. The number of ether oxygens (including phenoxy) is 1. The molecule has 0 N–H and O–H groups in total. The summed E-state index contributed by atoms with van der Waals surface area (Å²) in [4.78, 5) is 16.9. The fourth-order valence-electron chi connectivity index (χ4n) is 3.68. The fraction of sp³-hybridized carbons (Fsp3) is 0.455. The van der Waals surface area contributed by atoms with E-state index in [0.29, 0.717) is 17.3 Å². The summed E-state index contributed by atoms with van der Waals surface area (Å²) in [7, 11) is 2.16. The van der Waals surface area contributed by atoms with Crippen LogP contribution >= 0.6 is 36.4 Å². The third-order valence-corrected chi connectivity index (χ3v) is 5.78. The van der Waals surface area contributed by atoms with E-state index in [1.54, 1.807) is 6.21 Å². The van der Waals surface area contributed by atoms with Crippen molar-refractivity contribution in [2.24, 2.45) is 5.10 Å². The first-order valence-electron chi connectivity index (χ1n) is 10.4. The van der Waals surface area contributed by atoms with E-state index in [-0.39, 0.29) is 30.9 Å². The number of benzene rings is 1. The van der Waals surface area contributed by atoms with Gasteiger partial charge >= 0.3 is 6.09 Å². The number of amides is 1. The van der Waals surface area contributed by atoms with Crippen LogP contribution in [0.4, 0.5) is 4.79 Å². The number of furan rings is 1. The lowest BCUT2D eigenvalue weighted by atomic mass is 10.2. The highest BCUT2D eigenvalue weighted by Gasteiger charge is 2.31. The normalized spacial score (nSPS) is 19.6. The van der Waals surface area contributed by atoms with Crippen molar-refractivity contribution in [1.29, 1.82) is 0 Å². The largest absolute Gasteiger partial charge is 0.455 e. The van der Waals surface area contributed by atoms with Crippen molar-refractivity contribution in [2.75, 3.05) is 46.3 Å². The van der Waals surface area contributed by atoms with Crippen LogP contribution in [-0.4, -0.2) is 79.5 Å². The van der Waals surface area contributed by atoms with Crippen LogP contribution in [0.2, 0.25) is 5.02 Å². The third-order valence-electron chi connectivity index (χ3n) is 5.53. The highest BCUT2D eigenvalue weighted by atomic mass is 35.5. The molecule has 0 aliphatic carbocycles. The minimum atomic E-state index is -0.402. The van der Waals surface area contributed by atoms with Crippen LogP contribution in [0.5, 0.6) is 0 Å². The van der Waals surface area contributed by atoms with E-state index in [1.807, 2.05) is 36.4 Å². The summed E-state index contributed by atoms with van der Waals surface area (Å²) in [6, 6.07) is 11.1. The van der Waals surface area contributed by atoms with Gasteiger partial charge in [-0.05, 0) is 62.8 Å². The summed E-state index contributed by atoms with van der Waals surface area (Å²) < 4.78 is 11.2. The summed E-state index contributed by atoms with van der Waals surface area (Å²) in [5.41, 5.74) is 0.931. The number of hydrogen-bond donors (Lipinski definition) is 0. The molecule has 0 bridgehead atoms. The highest BCUT2D eigenvalue weighted by molar-refractivity contribution is 6.30. The standard InChI is InChI=1S/C22H27ClN4O3.2ClH/c1-25-11-13-26(14-12-25)10-2-3-20-16-27(22(28)30-20)24-15-19-8-9-21(29-19)17-4-6-18(23)7-5-17;;/h4-9,15,20H,2-3,10-14,16H2,1H3;2*1H. The zero-order valence-electron chi connectivity index (χ0n) is 18.0. The Balaban J connectivity index is 0.00000181. The number of nitrogens with zero attached hydrogens (tertiary/aromatic N) is 4. The van der Waals surface area contributed by atoms with Crippen LogP contribution in [0.3, 0.4) is 0 Å².